The predicted octanol–water partition coefficient (Wildman–Crippen LogP) is 5.18. The maximum Gasteiger partial charge on any atom is 0.362 e. The summed E-state index contributed by atoms with van der Waals surface area (Å²) in [5, 5.41) is 10.7. The van der Waals surface area contributed by atoms with Crippen molar-refractivity contribution in [2.75, 3.05) is 33.8 Å². The molecule has 0 aromatic heterocycles. The smallest absolute Gasteiger partial charge is 0.362 e. The first-order valence-corrected chi connectivity index (χ1v) is 12.7. The fraction of sp³-hybridized carbons (Fsp3) is 0.846. The molecule has 0 aromatic rings. The number of aliphatic hydroxyl groups excluding tert-OH is 1. The van der Waals surface area contributed by atoms with E-state index in [-0.39, 0.29) is 25.1 Å². The third-order valence-electron chi connectivity index (χ3n) is 5.63. The van der Waals surface area contributed by atoms with Gasteiger partial charge in [-0.05, 0) is 32.1 Å². The maximum absolute atomic E-state index is 12.6. The summed E-state index contributed by atoms with van der Waals surface area (Å²) in [6, 6.07) is 0. The maximum atomic E-state index is 12.6. The van der Waals surface area contributed by atoms with Crippen LogP contribution in [0, 0.1) is 0 Å². The van der Waals surface area contributed by atoms with Crippen molar-refractivity contribution < 1.29 is 28.7 Å². The minimum Gasteiger partial charge on any atom is -0.460 e. The summed E-state index contributed by atoms with van der Waals surface area (Å²) in [5.74, 6) is -0.648. The number of esters is 2. The lowest BCUT2D eigenvalue weighted by atomic mass is 10.0. The summed E-state index contributed by atoms with van der Waals surface area (Å²) in [7, 11) is 3.80. The van der Waals surface area contributed by atoms with Gasteiger partial charge in [0.1, 0.15) is 19.3 Å². The van der Waals surface area contributed by atoms with E-state index >= 15 is 0 Å². The van der Waals surface area contributed by atoms with Gasteiger partial charge in [-0.25, -0.2) is 4.79 Å². The number of nitrogens with zero attached hydrogens (tertiary/aromatic N) is 1. The second-order valence-corrected chi connectivity index (χ2v) is 9.51. The lowest BCUT2D eigenvalue weighted by Gasteiger charge is -2.30. The van der Waals surface area contributed by atoms with Crippen LogP contribution in [0.3, 0.4) is 0 Å². The van der Waals surface area contributed by atoms with E-state index in [1.807, 2.05) is 20.2 Å². The number of aliphatic hydroxyl groups is 1. The number of allylic oxidation sites excluding steroid dienone is 1. The van der Waals surface area contributed by atoms with Crippen LogP contribution in [0.15, 0.2) is 12.2 Å². The van der Waals surface area contributed by atoms with Crippen LogP contribution in [0.1, 0.15) is 97.8 Å². The molecule has 0 amide bonds. The molecule has 0 saturated heterocycles. The van der Waals surface area contributed by atoms with Gasteiger partial charge in [0, 0.05) is 6.92 Å². The largest absolute Gasteiger partial charge is 0.460 e. The lowest BCUT2D eigenvalue weighted by Crippen LogP contribution is -2.47. The van der Waals surface area contributed by atoms with Crippen molar-refractivity contribution in [3.05, 3.63) is 12.2 Å². The van der Waals surface area contributed by atoms with Crippen molar-refractivity contribution in [2.45, 2.75) is 110 Å². The standard InChI is InChI=1S/C26H50NO5/c1-6-8-10-11-12-13-14-15-17-18-24(29)25(19-16-9-7-2)32-26(30)22-27(4,5)20-21-31-23(3)28/h15,17,24-25,29H,6-14,16,18-22H2,1-5H3/q+1. The normalized spacial score (nSPS) is 13.8. The van der Waals surface area contributed by atoms with Crippen molar-refractivity contribution in [3.63, 3.8) is 0 Å². The molecule has 0 bridgehead atoms. The summed E-state index contributed by atoms with van der Waals surface area (Å²) in [6.45, 7) is 6.70. The van der Waals surface area contributed by atoms with Gasteiger partial charge in [-0.15, -0.1) is 0 Å². The predicted molar refractivity (Wildman–Crippen MR) is 130 cm³/mol. The molecule has 0 rings (SSSR count). The van der Waals surface area contributed by atoms with E-state index in [1.54, 1.807) is 0 Å². The summed E-state index contributed by atoms with van der Waals surface area (Å²) in [4.78, 5) is 23.5. The van der Waals surface area contributed by atoms with Crippen LogP contribution >= 0.6 is 0 Å². The number of unbranched alkanes of at least 4 members (excludes halogenated alkanes) is 8. The molecule has 0 aliphatic rings. The van der Waals surface area contributed by atoms with Crippen molar-refractivity contribution in [2.24, 2.45) is 0 Å². The number of quaternary nitrogens is 1. The zero-order chi connectivity index (χ0) is 24.2. The Morgan fingerprint density at radius 3 is 2.22 bits per heavy atom. The molecule has 6 nitrogen and oxygen atoms in total. The van der Waals surface area contributed by atoms with Crippen LogP contribution in [0.2, 0.25) is 0 Å². The third kappa shape index (κ3) is 18.2. The van der Waals surface area contributed by atoms with E-state index in [4.69, 9.17) is 9.47 Å². The summed E-state index contributed by atoms with van der Waals surface area (Å²) in [5.41, 5.74) is 0. The van der Waals surface area contributed by atoms with Crippen LogP contribution in [0.25, 0.3) is 0 Å². The Morgan fingerprint density at radius 1 is 0.938 bits per heavy atom. The molecule has 0 spiro atoms. The highest BCUT2D eigenvalue weighted by Crippen LogP contribution is 2.15. The first-order chi connectivity index (χ1) is 15.2. The average molecular weight is 457 g/mol. The van der Waals surface area contributed by atoms with Gasteiger partial charge in [0.05, 0.1) is 20.2 Å². The van der Waals surface area contributed by atoms with Gasteiger partial charge >= 0.3 is 11.9 Å². The monoisotopic (exact) mass is 456 g/mol. The number of hydrogen-bond donors (Lipinski definition) is 1. The molecule has 0 saturated carbocycles. The Balaban J connectivity index is 4.49. The summed E-state index contributed by atoms with van der Waals surface area (Å²) < 4.78 is 11.1. The van der Waals surface area contributed by atoms with E-state index < -0.39 is 12.2 Å². The van der Waals surface area contributed by atoms with Crippen LogP contribution in [0.5, 0.6) is 0 Å². The zero-order valence-electron chi connectivity index (χ0n) is 21.4. The summed E-state index contributed by atoms with van der Waals surface area (Å²) in [6.07, 6.45) is 15.9. The Kier molecular flexibility index (Phi) is 18.3. The average Bonchev–Trinajstić information content (AvgIpc) is 2.70. The van der Waals surface area contributed by atoms with Crippen molar-refractivity contribution in [1.29, 1.82) is 0 Å². The van der Waals surface area contributed by atoms with Gasteiger partial charge in [-0.2, -0.15) is 0 Å². The van der Waals surface area contributed by atoms with Crippen LogP contribution in [-0.4, -0.2) is 67.5 Å². The fourth-order valence-corrected chi connectivity index (χ4v) is 3.54. The molecule has 2 atom stereocenters. The highest BCUT2D eigenvalue weighted by atomic mass is 16.6. The first kappa shape index (κ1) is 30.6. The topological polar surface area (TPSA) is 72.8 Å². The molecular weight excluding hydrogens is 406 g/mol. The first-order valence-electron chi connectivity index (χ1n) is 12.7. The zero-order valence-corrected chi connectivity index (χ0v) is 21.4. The Morgan fingerprint density at radius 2 is 1.56 bits per heavy atom. The number of rotatable bonds is 20. The van der Waals surface area contributed by atoms with Gasteiger partial charge in [0.15, 0.2) is 6.54 Å². The molecule has 6 heteroatoms. The van der Waals surface area contributed by atoms with E-state index in [1.165, 1.54) is 45.4 Å². The SMILES string of the molecule is CCCCCCCCC=CCC(O)C(CCCCC)OC(=O)C[N+](C)(C)CCOC(C)=O. The highest BCUT2D eigenvalue weighted by Gasteiger charge is 2.27. The molecule has 188 valence electrons. The molecule has 0 aliphatic heterocycles. The molecule has 2 unspecified atom stereocenters. The lowest BCUT2D eigenvalue weighted by molar-refractivity contribution is -0.883. The van der Waals surface area contributed by atoms with Gasteiger partial charge in [0.25, 0.3) is 0 Å². The Bertz CT molecular complexity index is 518. The Labute approximate surface area is 196 Å². The van der Waals surface area contributed by atoms with E-state index in [9.17, 15) is 14.7 Å². The third-order valence-corrected chi connectivity index (χ3v) is 5.63. The minimum atomic E-state index is -0.687. The second kappa shape index (κ2) is 19.1. The summed E-state index contributed by atoms with van der Waals surface area (Å²) >= 11 is 0. The number of likely N-dealkylation sites (N-methyl/N-ethyl adjacent to an activating group) is 1. The Hall–Kier alpha value is -1.40. The molecule has 0 aromatic carbocycles. The van der Waals surface area contributed by atoms with Gasteiger partial charge in [-0.1, -0.05) is 70.9 Å². The molecule has 32 heavy (non-hydrogen) atoms. The minimum absolute atomic E-state index is 0.173. The fourth-order valence-electron chi connectivity index (χ4n) is 3.54. The van der Waals surface area contributed by atoms with E-state index in [0.717, 1.165) is 25.7 Å². The molecule has 0 radical (unpaired) electrons. The van der Waals surface area contributed by atoms with Gasteiger partial charge in [0.2, 0.25) is 0 Å². The van der Waals surface area contributed by atoms with Crippen molar-refractivity contribution in [1.82, 2.24) is 0 Å². The molecule has 0 heterocycles. The van der Waals surface area contributed by atoms with Crippen LogP contribution in [0.4, 0.5) is 0 Å². The van der Waals surface area contributed by atoms with E-state index in [2.05, 4.69) is 19.9 Å². The van der Waals surface area contributed by atoms with Crippen molar-refractivity contribution in [3.8, 4) is 0 Å². The molecule has 1 N–H and O–H groups in total. The molecular formula is C26H50NO5+. The van der Waals surface area contributed by atoms with Gasteiger partial charge < -0.3 is 19.1 Å². The number of ether oxygens (including phenoxy) is 2. The highest BCUT2D eigenvalue weighted by molar-refractivity contribution is 5.70. The number of carbonyl (C=O) groups is 2. The van der Waals surface area contributed by atoms with Crippen LogP contribution < -0.4 is 0 Å². The van der Waals surface area contributed by atoms with Crippen LogP contribution in [-0.2, 0) is 19.1 Å². The van der Waals surface area contributed by atoms with Crippen molar-refractivity contribution >= 4 is 11.9 Å². The quantitative estimate of drug-likeness (QED) is 0.118. The number of hydrogen-bond acceptors (Lipinski definition) is 5. The second-order valence-electron chi connectivity index (χ2n) is 9.51. The molecule has 0 fully saturated rings. The van der Waals surface area contributed by atoms with E-state index in [0.29, 0.717) is 23.9 Å². The van der Waals surface area contributed by atoms with Gasteiger partial charge in [-0.3, -0.25) is 4.79 Å². The molecule has 0 aliphatic carbocycles. The number of carbonyl (C=O) groups excluding carboxylic acids is 2.